The smallest absolute Gasteiger partial charge is 0.307 e. The number of hydrogen-bond acceptors (Lipinski definition) is 3. The second-order valence-corrected chi connectivity index (χ2v) is 10.1. The third-order valence-corrected chi connectivity index (χ3v) is 7.99. The topological polar surface area (TPSA) is 94.8 Å². The lowest BCUT2D eigenvalue weighted by molar-refractivity contribution is -0.144. The van der Waals surface area contributed by atoms with E-state index in [0.29, 0.717) is 38.5 Å². The summed E-state index contributed by atoms with van der Waals surface area (Å²) in [6.07, 6.45) is 3.44. The Hall–Kier alpha value is -2.66. The zero-order valence-electron chi connectivity index (χ0n) is 20.9. The maximum Gasteiger partial charge on any atom is 0.307 e. The Morgan fingerprint density at radius 3 is 1.32 bits per heavy atom. The molecule has 34 heavy (non-hydrogen) atoms. The minimum atomic E-state index is -0.820. The summed E-state index contributed by atoms with van der Waals surface area (Å²) in [5.74, 6) is -2.73. The highest BCUT2D eigenvalue weighted by atomic mass is 16.4. The van der Waals surface area contributed by atoms with E-state index in [0.717, 1.165) is 11.1 Å². The molecule has 0 amide bonds. The number of carboxylic acids is 2. The molecule has 2 aromatic rings. The molecular formula is C29H40O5. The molecule has 0 bridgehead atoms. The fourth-order valence-electron chi connectivity index (χ4n) is 4.96. The van der Waals surface area contributed by atoms with Gasteiger partial charge in [-0.15, -0.1) is 0 Å². The van der Waals surface area contributed by atoms with Gasteiger partial charge in [0, 0.05) is 10.8 Å². The van der Waals surface area contributed by atoms with Crippen LogP contribution < -0.4 is 0 Å². The first kappa shape index (κ1) is 27.6. The maximum atomic E-state index is 11.8. The highest BCUT2D eigenvalue weighted by molar-refractivity contribution is 5.72. The van der Waals surface area contributed by atoms with Crippen molar-refractivity contribution in [2.24, 2.45) is 11.8 Å². The van der Waals surface area contributed by atoms with Crippen molar-refractivity contribution in [3.63, 3.8) is 0 Å². The first-order valence-corrected chi connectivity index (χ1v) is 12.3. The Kier molecular flexibility index (Phi) is 9.87. The normalized spacial score (nSPS) is 17.7. The van der Waals surface area contributed by atoms with Gasteiger partial charge in [-0.05, 0) is 49.7 Å². The van der Waals surface area contributed by atoms with Crippen LogP contribution in [0.3, 0.4) is 0 Å². The highest BCUT2D eigenvalue weighted by Crippen LogP contribution is 2.39. The van der Waals surface area contributed by atoms with E-state index in [9.17, 15) is 24.9 Å². The molecule has 0 fully saturated rings. The SMILES string of the molecule is CC(C(=O)O)C(C)(CCCC(O)CCCC(C)(c1ccccc1)C(C)C(=O)O)c1ccccc1. The van der Waals surface area contributed by atoms with E-state index >= 15 is 0 Å². The second-order valence-electron chi connectivity index (χ2n) is 10.1. The molecule has 0 spiro atoms. The molecule has 0 heterocycles. The van der Waals surface area contributed by atoms with Gasteiger partial charge in [0.2, 0.25) is 0 Å². The Morgan fingerprint density at radius 2 is 1.03 bits per heavy atom. The average molecular weight is 469 g/mol. The van der Waals surface area contributed by atoms with Crippen LogP contribution in [-0.2, 0) is 20.4 Å². The van der Waals surface area contributed by atoms with Gasteiger partial charge in [0.05, 0.1) is 17.9 Å². The Labute approximate surface area is 203 Å². The number of carbonyl (C=O) groups is 2. The van der Waals surface area contributed by atoms with Gasteiger partial charge in [0.25, 0.3) is 0 Å². The molecule has 0 saturated carbocycles. The zero-order chi connectivity index (χ0) is 25.4. The third kappa shape index (κ3) is 6.69. The maximum absolute atomic E-state index is 11.8. The van der Waals surface area contributed by atoms with Crippen molar-refractivity contribution in [1.82, 2.24) is 0 Å². The molecule has 5 nitrogen and oxygen atoms in total. The second kappa shape index (κ2) is 12.2. The van der Waals surface area contributed by atoms with Crippen LogP contribution in [0.5, 0.6) is 0 Å². The molecule has 5 heteroatoms. The van der Waals surface area contributed by atoms with Crippen LogP contribution in [0.1, 0.15) is 77.3 Å². The standard InChI is InChI=1S/C29H40O5/c1-21(26(31)32)28(3,23-13-7-5-8-14-23)19-11-17-25(30)18-12-20-29(4,22(2)27(33)34)24-15-9-6-10-16-24/h5-10,13-16,21-22,25,30H,11-12,17-20H2,1-4H3,(H,31,32)(H,33,34). The Bertz CT molecular complexity index is 837. The van der Waals surface area contributed by atoms with Gasteiger partial charge in [-0.3, -0.25) is 9.59 Å². The van der Waals surface area contributed by atoms with Crippen LogP contribution in [0.25, 0.3) is 0 Å². The molecule has 0 saturated heterocycles. The van der Waals surface area contributed by atoms with E-state index < -0.39 is 40.7 Å². The minimum absolute atomic E-state index is 0.500. The summed E-state index contributed by atoms with van der Waals surface area (Å²) < 4.78 is 0. The Morgan fingerprint density at radius 1 is 0.706 bits per heavy atom. The van der Waals surface area contributed by atoms with Crippen LogP contribution in [0, 0.1) is 11.8 Å². The van der Waals surface area contributed by atoms with Crippen molar-refractivity contribution in [2.45, 2.75) is 83.2 Å². The van der Waals surface area contributed by atoms with Gasteiger partial charge in [-0.25, -0.2) is 0 Å². The van der Waals surface area contributed by atoms with Gasteiger partial charge in [-0.2, -0.15) is 0 Å². The minimum Gasteiger partial charge on any atom is -0.481 e. The first-order valence-electron chi connectivity index (χ1n) is 12.3. The van der Waals surface area contributed by atoms with E-state index in [4.69, 9.17) is 0 Å². The number of rotatable bonds is 14. The molecule has 0 radical (unpaired) electrons. The summed E-state index contributed by atoms with van der Waals surface area (Å²) in [6, 6.07) is 19.5. The van der Waals surface area contributed by atoms with Gasteiger partial charge in [0.15, 0.2) is 0 Å². The summed E-state index contributed by atoms with van der Waals surface area (Å²) in [4.78, 5) is 23.6. The van der Waals surface area contributed by atoms with Gasteiger partial charge < -0.3 is 15.3 Å². The number of carboxylic acid groups (broad SMARTS) is 2. The quantitative estimate of drug-likeness (QED) is 0.314. The molecule has 0 aliphatic rings. The first-order chi connectivity index (χ1) is 16.0. The van der Waals surface area contributed by atoms with Crippen LogP contribution in [0.2, 0.25) is 0 Å². The van der Waals surface area contributed by atoms with Crippen LogP contribution in [-0.4, -0.2) is 33.4 Å². The van der Waals surface area contributed by atoms with Crippen molar-refractivity contribution in [1.29, 1.82) is 0 Å². The van der Waals surface area contributed by atoms with Crippen molar-refractivity contribution in [3.8, 4) is 0 Å². The summed E-state index contributed by atoms with van der Waals surface area (Å²) in [6.45, 7) is 7.48. The van der Waals surface area contributed by atoms with E-state index in [2.05, 4.69) is 0 Å². The number of aliphatic hydroxyl groups is 1. The molecule has 0 aliphatic heterocycles. The molecule has 2 rings (SSSR count). The zero-order valence-corrected chi connectivity index (χ0v) is 20.9. The van der Waals surface area contributed by atoms with Crippen LogP contribution >= 0.6 is 0 Å². The fraction of sp³-hybridized carbons (Fsp3) is 0.517. The summed E-state index contributed by atoms with van der Waals surface area (Å²) >= 11 is 0. The summed E-state index contributed by atoms with van der Waals surface area (Å²) in [5.41, 5.74) is 0.965. The van der Waals surface area contributed by atoms with Gasteiger partial charge in [-0.1, -0.05) is 88.4 Å². The van der Waals surface area contributed by atoms with E-state index in [1.54, 1.807) is 13.8 Å². The molecule has 0 aromatic heterocycles. The van der Waals surface area contributed by atoms with E-state index in [1.165, 1.54) is 0 Å². The third-order valence-electron chi connectivity index (χ3n) is 7.99. The van der Waals surface area contributed by atoms with E-state index in [1.807, 2.05) is 74.5 Å². The Balaban J connectivity index is 1.97. The molecule has 2 aromatic carbocycles. The number of aliphatic carboxylic acids is 2. The largest absolute Gasteiger partial charge is 0.481 e. The van der Waals surface area contributed by atoms with Crippen molar-refractivity contribution >= 4 is 11.9 Å². The van der Waals surface area contributed by atoms with Gasteiger partial charge in [0.1, 0.15) is 0 Å². The molecule has 4 unspecified atom stereocenters. The van der Waals surface area contributed by atoms with Crippen LogP contribution in [0.4, 0.5) is 0 Å². The lowest BCUT2D eigenvalue weighted by atomic mass is 9.68. The van der Waals surface area contributed by atoms with Crippen LogP contribution in [0.15, 0.2) is 60.7 Å². The number of benzene rings is 2. The number of hydrogen-bond donors (Lipinski definition) is 3. The predicted molar refractivity (Wildman–Crippen MR) is 135 cm³/mol. The molecule has 0 aliphatic carbocycles. The highest BCUT2D eigenvalue weighted by Gasteiger charge is 2.38. The van der Waals surface area contributed by atoms with E-state index in [-0.39, 0.29) is 0 Å². The monoisotopic (exact) mass is 468 g/mol. The van der Waals surface area contributed by atoms with Gasteiger partial charge >= 0.3 is 11.9 Å². The van der Waals surface area contributed by atoms with Crippen molar-refractivity contribution in [2.75, 3.05) is 0 Å². The predicted octanol–water partition coefficient (Wildman–Crippen LogP) is 6.05. The molecule has 4 atom stereocenters. The van der Waals surface area contributed by atoms with Crippen molar-refractivity contribution < 1.29 is 24.9 Å². The molecule has 3 N–H and O–H groups in total. The lowest BCUT2D eigenvalue weighted by Gasteiger charge is -2.35. The average Bonchev–Trinajstić information content (AvgIpc) is 2.83. The lowest BCUT2D eigenvalue weighted by Crippen LogP contribution is -2.36. The summed E-state index contributed by atoms with van der Waals surface area (Å²) in [5, 5.41) is 30.0. The summed E-state index contributed by atoms with van der Waals surface area (Å²) in [7, 11) is 0. The fourth-order valence-corrected chi connectivity index (χ4v) is 4.96. The number of aliphatic hydroxyl groups excluding tert-OH is 1. The molecular weight excluding hydrogens is 428 g/mol. The molecule has 186 valence electrons. The van der Waals surface area contributed by atoms with Crippen molar-refractivity contribution in [3.05, 3.63) is 71.8 Å².